The molecule has 1 rings (SSSR count). The van der Waals surface area contributed by atoms with Gasteiger partial charge in [-0.05, 0) is 25.1 Å². The van der Waals surface area contributed by atoms with Crippen LogP contribution in [-0.2, 0) is 10.0 Å². The number of rotatable bonds is 3. The van der Waals surface area contributed by atoms with Gasteiger partial charge in [0.1, 0.15) is 5.76 Å². The van der Waals surface area contributed by atoms with Crippen LogP contribution in [0.4, 0.5) is 0 Å². The molecule has 0 unspecified atom stereocenters. The van der Waals surface area contributed by atoms with Crippen molar-refractivity contribution in [1.82, 2.24) is 0 Å². The Morgan fingerprint density at radius 3 is 2.85 bits per heavy atom. The lowest BCUT2D eigenvalue weighted by atomic mass is 10.3. The number of hydrogen-bond acceptors (Lipinski definition) is 3. The average molecular weight is 201 g/mol. The smallest absolute Gasteiger partial charge is 0.212 e. The van der Waals surface area contributed by atoms with Gasteiger partial charge in [0, 0.05) is 0 Å². The van der Waals surface area contributed by atoms with E-state index in [-0.39, 0.29) is 5.75 Å². The fraction of sp³-hybridized carbons (Fsp3) is 0.250. The van der Waals surface area contributed by atoms with E-state index in [9.17, 15) is 8.42 Å². The molecule has 0 aliphatic carbocycles. The van der Waals surface area contributed by atoms with E-state index in [4.69, 9.17) is 9.56 Å². The van der Waals surface area contributed by atoms with Gasteiger partial charge in [-0.2, -0.15) is 0 Å². The average Bonchev–Trinajstić information content (AvgIpc) is 2.34. The predicted molar refractivity (Wildman–Crippen MR) is 50.3 cm³/mol. The molecule has 0 aliphatic rings. The van der Waals surface area contributed by atoms with Gasteiger partial charge in [-0.15, -0.1) is 0 Å². The van der Waals surface area contributed by atoms with E-state index in [1.54, 1.807) is 25.1 Å². The maximum atomic E-state index is 10.7. The topological polar surface area (TPSA) is 73.3 Å². The monoisotopic (exact) mass is 201 g/mol. The van der Waals surface area contributed by atoms with Crippen LogP contribution < -0.4 is 5.14 Å². The molecule has 0 radical (unpaired) electrons. The van der Waals surface area contributed by atoms with Crippen molar-refractivity contribution in [3.63, 3.8) is 0 Å². The zero-order chi connectivity index (χ0) is 9.90. The number of nitrogens with two attached hydrogens (primary N) is 1. The Labute approximate surface area is 77.1 Å². The Balaban J connectivity index is 2.74. The summed E-state index contributed by atoms with van der Waals surface area (Å²) < 4.78 is 26.4. The zero-order valence-corrected chi connectivity index (χ0v) is 8.04. The van der Waals surface area contributed by atoms with E-state index >= 15 is 0 Å². The van der Waals surface area contributed by atoms with Crippen LogP contribution in [0.5, 0.6) is 0 Å². The van der Waals surface area contributed by atoms with Crippen molar-refractivity contribution in [3.05, 3.63) is 29.7 Å². The van der Waals surface area contributed by atoms with E-state index in [1.165, 1.54) is 6.26 Å². The van der Waals surface area contributed by atoms with Crippen LogP contribution in [0.15, 0.2) is 28.4 Å². The minimum atomic E-state index is -3.44. The molecule has 1 heterocycles. The molecule has 0 amide bonds. The molecule has 13 heavy (non-hydrogen) atoms. The van der Waals surface area contributed by atoms with E-state index < -0.39 is 10.0 Å². The van der Waals surface area contributed by atoms with Crippen LogP contribution in [0.3, 0.4) is 0 Å². The second kappa shape index (κ2) is 3.76. The van der Waals surface area contributed by atoms with Crippen molar-refractivity contribution < 1.29 is 12.8 Å². The Hall–Kier alpha value is -1.07. The zero-order valence-electron chi connectivity index (χ0n) is 7.23. The third-order valence-corrected chi connectivity index (χ3v) is 2.22. The number of hydrogen-bond donors (Lipinski definition) is 1. The maximum absolute atomic E-state index is 10.7. The highest BCUT2D eigenvalue weighted by Gasteiger charge is 2.03. The number of primary sulfonamides is 1. The van der Waals surface area contributed by atoms with E-state index in [2.05, 4.69) is 0 Å². The number of furan rings is 1. The molecule has 1 aromatic rings. The summed E-state index contributed by atoms with van der Waals surface area (Å²) in [4.78, 5) is 0. The third-order valence-electron chi connectivity index (χ3n) is 1.36. The molecule has 0 saturated carbocycles. The minimum absolute atomic E-state index is 0.145. The predicted octanol–water partition coefficient (Wildman–Crippen LogP) is 0.971. The van der Waals surface area contributed by atoms with Gasteiger partial charge in [-0.25, -0.2) is 13.6 Å². The SMILES string of the molecule is C/C(=C\c1ccco1)CS(N)(=O)=O. The maximum Gasteiger partial charge on any atom is 0.212 e. The Morgan fingerprint density at radius 1 is 1.69 bits per heavy atom. The van der Waals surface area contributed by atoms with Crippen LogP contribution in [-0.4, -0.2) is 14.2 Å². The van der Waals surface area contributed by atoms with Gasteiger partial charge in [0.2, 0.25) is 10.0 Å². The normalized spacial score (nSPS) is 13.2. The molecule has 5 heteroatoms. The third kappa shape index (κ3) is 3.91. The van der Waals surface area contributed by atoms with Gasteiger partial charge < -0.3 is 4.42 Å². The first-order valence-corrected chi connectivity index (χ1v) is 5.40. The largest absolute Gasteiger partial charge is 0.465 e. The van der Waals surface area contributed by atoms with Crippen molar-refractivity contribution in [2.24, 2.45) is 5.14 Å². The van der Waals surface area contributed by atoms with Crippen molar-refractivity contribution in [2.75, 3.05) is 5.75 Å². The first-order chi connectivity index (χ1) is 5.97. The highest BCUT2D eigenvalue weighted by molar-refractivity contribution is 7.89. The summed E-state index contributed by atoms with van der Waals surface area (Å²) in [5.74, 6) is 0.481. The van der Waals surface area contributed by atoms with Gasteiger partial charge in [-0.3, -0.25) is 0 Å². The lowest BCUT2D eigenvalue weighted by molar-refractivity contribution is 0.556. The Morgan fingerprint density at radius 2 is 2.38 bits per heavy atom. The minimum Gasteiger partial charge on any atom is -0.465 e. The van der Waals surface area contributed by atoms with Crippen LogP contribution in [0.25, 0.3) is 6.08 Å². The van der Waals surface area contributed by atoms with E-state index in [0.717, 1.165) is 0 Å². The molecule has 2 N–H and O–H groups in total. The summed E-state index contributed by atoms with van der Waals surface area (Å²) in [6.45, 7) is 1.69. The summed E-state index contributed by atoms with van der Waals surface area (Å²) in [7, 11) is -3.44. The van der Waals surface area contributed by atoms with Crippen LogP contribution in [0.2, 0.25) is 0 Å². The van der Waals surface area contributed by atoms with Crippen molar-refractivity contribution in [2.45, 2.75) is 6.92 Å². The highest BCUT2D eigenvalue weighted by atomic mass is 32.2. The fourth-order valence-corrected chi connectivity index (χ4v) is 1.69. The van der Waals surface area contributed by atoms with Gasteiger partial charge in [0.05, 0.1) is 12.0 Å². The van der Waals surface area contributed by atoms with Crippen molar-refractivity contribution in [1.29, 1.82) is 0 Å². The summed E-state index contributed by atoms with van der Waals surface area (Å²) in [5, 5.41) is 4.87. The number of sulfonamides is 1. The second-order valence-electron chi connectivity index (χ2n) is 2.81. The first kappa shape index (κ1) is 10.0. The molecule has 72 valence electrons. The molecule has 0 aromatic carbocycles. The van der Waals surface area contributed by atoms with Crippen LogP contribution >= 0.6 is 0 Å². The molecule has 4 nitrogen and oxygen atoms in total. The highest BCUT2D eigenvalue weighted by Crippen LogP contribution is 2.07. The van der Waals surface area contributed by atoms with Gasteiger partial charge >= 0.3 is 0 Å². The lowest BCUT2D eigenvalue weighted by Gasteiger charge is -1.96. The Kier molecular flexibility index (Phi) is 2.90. The van der Waals surface area contributed by atoms with E-state index in [0.29, 0.717) is 11.3 Å². The Bertz CT molecular complexity index is 389. The van der Waals surface area contributed by atoms with Gasteiger partial charge in [0.25, 0.3) is 0 Å². The summed E-state index contributed by atoms with van der Waals surface area (Å²) in [5.41, 5.74) is 0.650. The molecular formula is C8H11NO3S. The molecule has 0 saturated heterocycles. The molecule has 0 fully saturated rings. The van der Waals surface area contributed by atoms with Crippen molar-refractivity contribution in [3.8, 4) is 0 Å². The first-order valence-electron chi connectivity index (χ1n) is 3.68. The van der Waals surface area contributed by atoms with E-state index in [1.807, 2.05) is 0 Å². The molecule has 0 aliphatic heterocycles. The molecule has 0 spiro atoms. The summed E-state index contributed by atoms with van der Waals surface area (Å²) in [6, 6.07) is 3.47. The molecular weight excluding hydrogens is 190 g/mol. The summed E-state index contributed by atoms with van der Waals surface area (Å²) in [6.07, 6.45) is 3.17. The van der Waals surface area contributed by atoms with Gasteiger partial charge in [-0.1, -0.05) is 5.57 Å². The molecule has 0 atom stereocenters. The van der Waals surface area contributed by atoms with Crippen LogP contribution in [0.1, 0.15) is 12.7 Å². The standard InChI is InChI=1S/C8H11NO3S/c1-7(6-13(9,10)11)5-8-3-2-4-12-8/h2-5H,6H2,1H3,(H2,9,10,11)/b7-5+. The van der Waals surface area contributed by atoms with Crippen molar-refractivity contribution >= 4 is 16.1 Å². The lowest BCUT2D eigenvalue weighted by Crippen LogP contribution is -2.16. The molecule has 1 aromatic heterocycles. The quantitative estimate of drug-likeness (QED) is 0.791. The van der Waals surface area contributed by atoms with Gasteiger partial charge in [0.15, 0.2) is 0 Å². The second-order valence-corrected chi connectivity index (χ2v) is 4.43. The fourth-order valence-electron chi connectivity index (χ4n) is 0.975. The van der Waals surface area contributed by atoms with Crippen LogP contribution in [0, 0.1) is 0 Å². The summed E-state index contributed by atoms with van der Waals surface area (Å²) >= 11 is 0. The molecule has 0 bridgehead atoms.